The number of rotatable bonds is 4. The molecule has 18 heavy (non-hydrogen) atoms. The molecule has 0 saturated heterocycles. The highest BCUT2D eigenvalue weighted by Crippen LogP contribution is 2.03. The molecular formula is C11H12N2O5. The van der Waals surface area contributed by atoms with Crippen molar-refractivity contribution in [2.75, 3.05) is 7.11 Å². The molecule has 0 aliphatic rings. The molecule has 0 spiro atoms. The van der Waals surface area contributed by atoms with Crippen LogP contribution in [0.5, 0.6) is 0 Å². The fourth-order valence-corrected chi connectivity index (χ4v) is 1.29. The van der Waals surface area contributed by atoms with Crippen molar-refractivity contribution in [3.63, 3.8) is 0 Å². The van der Waals surface area contributed by atoms with Crippen molar-refractivity contribution < 1.29 is 14.5 Å². The predicted octanol–water partition coefficient (Wildman–Crippen LogP) is 0.876. The van der Waals surface area contributed by atoms with Gasteiger partial charge in [-0.3, -0.25) is 14.9 Å². The van der Waals surface area contributed by atoms with Crippen LogP contribution in [0.25, 0.3) is 0 Å². The maximum atomic E-state index is 11.6. The predicted molar refractivity (Wildman–Crippen MR) is 63.1 cm³/mol. The molecule has 96 valence electrons. The molecule has 1 aromatic heterocycles. The molecule has 0 bridgehead atoms. The summed E-state index contributed by atoms with van der Waals surface area (Å²) < 4.78 is 5.63. The van der Waals surface area contributed by atoms with E-state index in [1.54, 1.807) is 0 Å². The van der Waals surface area contributed by atoms with Crippen LogP contribution in [-0.4, -0.2) is 22.6 Å². The normalized spacial score (nSPS) is 11.1. The van der Waals surface area contributed by atoms with Gasteiger partial charge in [0.2, 0.25) is 0 Å². The van der Waals surface area contributed by atoms with E-state index in [9.17, 15) is 19.7 Å². The molecule has 0 N–H and O–H groups in total. The van der Waals surface area contributed by atoms with Crippen LogP contribution in [0.4, 0.5) is 5.69 Å². The summed E-state index contributed by atoms with van der Waals surface area (Å²) in [7, 11) is 1.25. The first-order chi connectivity index (χ1) is 8.47. The molecule has 0 saturated carbocycles. The lowest BCUT2D eigenvalue weighted by Crippen LogP contribution is -2.21. The van der Waals surface area contributed by atoms with E-state index in [1.807, 2.05) is 0 Å². The zero-order valence-corrected chi connectivity index (χ0v) is 9.95. The smallest absolute Gasteiger partial charge is 0.334 e. The van der Waals surface area contributed by atoms with E-state index in [0.717, 1.165) is 10.6 Å². The standard InChI is InChI=1S/C11H12N2O5/c1-8(11(15)18-2)5-7-12-6-3-4-9(10(12)14)13(16)17/h3-6H,7H2,1-2H3. The summed E-state index contributed by atoms with van der Waals surface area (Å²) in [5, 5.41) is 10.6. The van der Waals surface area contributed by atoms with Gasteiger partial charge in [0, 0.05) is 24.4 Å². The van der Waals surface area contributed by atoms with Crippen LogP contribution >= 0.6 is 0 Å². The number of methoxy groups -OCH3 is 1. The van der Waals surface area contributed by atoms with Gasteiger partial charge in [-0.1, -0.05) is 6.08 Å². The molecule has 1 aromatic rings. The molecule has 0 unspecified atom stereocenters. The van der Waals surface area contributed by atoms with Gasteiger partial charge in [-0.2, -0.15) is 0 Å². The number of hydrogen-bond acceptors (Lipinski definition) is 5. The second-order valence-electron chi connectivity index (χ2n) is 3.49. The molecule has 0 aliphatic carbocycles. The highest BCUT2D eigenvalue weighted by molar-refractivity contribution is 5.87. The first-order valence-electron chi connectivity index (χ1n) is 5.06. The average molecular weight is 252 g/mol. The van der Waals surface area contributed by atoms with Crippen LogP contribution in [-0.2, 0) is 16.1 Å². The number of pyridine rings is 1. The van der Waals surface area contributed by atoms with Gasteiger partial charge in [0.1, 0.15) is 0 Å². The minimum Gasteiger partial charge on any atom is -0.466 e. The minimum atomic E-state index is -0.740. The molecule has 0 atom stereocenters. The summed E-state index contributed by atoms with van der Waals surface area (Å²) in [5.41, 5.74) is -0.881. The van der Waals surface area contributed by atoms with Gasteiger partial charge >= 0.3 is 17.2 Å². The van der Waals surface area contributed by atoms with Crippen molar-refractivity contribution in [3.8, 4) is 0 Å². The third-order valence-corrected chi connectivity index (χ3v) is 2.30. The largest absolute Gasteiger partial charge is 0.466 e. The molecular weight excluding hydrogens is 240 g/mol. The molecule has 0 radical (unpaired) electrons. The number of allylic oxidation sites excluding steroid dienone is 1. The fraction of sp³-hybridized carbons (Fsp3) is 0.273. The van der Waals surface area contributed by atoms with E-state index in [1.165, 1.54) is 32.4 Å². The van der Waals surface area contributed by atoms with Gasteiger partial charge < -0.3 is 9.30 Å². The lowest BCUT2D eigenvalue weighted by atomic mass is 10.3. The SMILES string of the molecule is COC(=O)C(C)=CCn1cccc([N+](=O)[O-])c1=O. The van der Waals surface area contributed by atoms with E-state index >= 15 is 0 Å². The Kier molecular flexibility index (Phi) is 4.36. The van der Waals surface area contributed by atoms with Crippen molar-refractivity contribution in [2.24, 2.45) is 0 Å². The number of nitro groups is 1. The Hall–Kier alpha value is -2.44. The molecule has 1 rings (SSSR count). The Morgan fingerprint density at radius 3 is 2.83 bits per heavy atom. The number of hydrogen-bond donors (Lipinski definition) is 0. The van der Waals surface area contributed by atoms with Crippen molar-refractivity contribution in [1.29, 1.82) is 0 Å². The van der Waals surface area contributed by atoms with Gasteiger partial charge in [-0.25, -0.2) is 4.79 Å². The van der Waals surface area contributed by atoms with E-state index in [-0.39, 0.29) is 6.54 Å². The summed E-state index contributed by atoms with van der Waals surface area (Å²) >= 11 is 0. The Labute approximate surface area is 102 Å². The molecule has 7 heteroatoms. The first kappa shape index (κ1) is 13.6. The van der Waals surface area contributed by atoms with Crippen LogP contribution in [0.15, 0.2) is 34.8 Å². The molecule has 1 heterocycles. The molecule has 0 amide bonds. The van der Waals surface area contributed by atoms with Crippen molar-refractivity contribution >= 4 is 11.7 Å². The van der Waals surface area contributed by atoms with Gasteiger partial charge in [0.25, 0.3) is 0 Å². The summed E-state index contributed by atoms with van der Waals surface area (Å²) in [4.78, 5) is 32.6. The number of carbonyl (C=O) groups is 1. The van der Waals surface area contributed by atoms with Crippen LogP contribution in [0.3, 0.4) is 0 Å². The molecule has 0 fully saturated rings. The van der Waals surface area contributed by atoms with Gasteiger partial charge in [-0.15, -0.1) is 0 Å². The Morgan fingerprint density at radius 2 is 2.28 bits per heavy atom. The maximum absolute atomic E-state index is 11.6. The third kappa shape index (κ3) is 3.03. The van der Waals surface area contributed by atoms with Crippen molar-refractivity contribution in [1.82, 2.24) is 4.57 Å². The van der Waals surface area contributed by atoms with Crippen molar-refractivity contribution in [3.05, 3.63) is 50.4 Å². The summed E-state index contributed by atoms with van der Waals surface area (Å²) in [5.74, 6) is -0.506. The fourth-order valence-electron chi connectivity index (χ4n) is 1.29. The van der Waals surface area contributed by atoms with E-state index in [2.05, 4.69) is 4.74 Å². The minimum absolute atomic E-state index is 0.0709. The highest BCUT2D eigenvalue weighted by Gasteiger charge is 2.12. The Bertz CT molecular complexity index is 559. The molecule has 0 aliphatic heterocycles. The highest BCUT2D eigenvalue weighted by atomic mass is 16.6. The van der Waals surface area contributed by atoms with Gasteiger partial charge in [-0.05, 0) is 13.0 Å². The van der Waals surface area contributed by atoms with Crippen LogP contribution in [0, 0.1) is 10.1 Å². The number of esters is 1. The Morgan fingerprint density at radius 1 is 1.61 bits per heavy atom. The summed E-state index contributed by atoms with van der Waals surface area (Å²) in [6, 6.07) is 2.54. The number of nitrogens with zero attached hydrogens (tertiary/aromatic N) is 2. The van der Waals surface area contributed by atoms with Crippen LogP contribution < -0.4 is 5.56 Å². The molecule has 0 aromatic carbocycles. The first-order valence-corrected chi connectivity index (χ1v) is 5.06. The lowest BCUT2D eigenvalue weighted by Gasteiger charge is -2.02. The quantitative estimate of drug-likeness (QED) is 0.343. The van der Waals surface area contributed by atoms with E-state index in [0.29, 0.717) is 5.57 Å². The van der Waals surface area contributed by atoms with E-state index < -0.39 is 22.1 Å². The zero-order valence-electron chi connectivity index (χ0n) is 9.95. The molecule has 7 nitrogen and oxygen atoms in total. The summed E-state index contributed by atoms with van der Waals surface area (Å²) in [6.07, 6.45) is 2.88. The van der Waals surface area contributed by atoms with Gasteiger partial charge in [0.05, 0.1) is 12.0 Å². The zero-order chi connectivity index (χ0) is 13.7. The monoisotopic (exact) mass is 252 g/mol. The lowest BCUT2D eigenvalue weighted by molar-refractivity contribution is -0.386. The number of aromatic nitrogens is 1. The second kappa shape index (κ2) is 5.76. The second-order valence-corrected chi connectivity index (χ2v) is 3.49. The Balaban J connectivity index is 3.00. The number of ether oxygens (including phenoxy) is 1. The topological polar surface area (TPSA) is 91.4 Å². The van der Waals surface area contributed by atoms with Crippen LogP contribution in [0.2, 0.25) is 0 Å². The van der Waals surface area contributed by atoms with E-state index in [4.69, 9.17) is 0 Å². The third-order valence-electron chi connectivity index (χ3n) is 2.30. The van der Waals surface area contributed by atoms with Gasteiger partial charge in [0.15, 0.2) is 0 Å². The maximum Gasteiger partial charge on any atom is 0.334 e. The average Bonchev–Trinajstić information content (AvgIpc) is 2.35. The summed E-state index contributed by atoms with van der Waals surface area (Å²) in [6.45, 7) is 1.61. The van der Waals surface area contributed by atoms with Crippen molar-refractivity contribution in [2.45, 2.75) is 13.5 Å². The van der Waals surface area contributed by atoms with Crippen LogP contribution in [0.1, 0.15) is 6.92 Å². The number of carbonyl (C=O) groups excluding carboxylic acids is 1.